The molecule has 3 heteroatoms. The molecule has 108 valence electrons. The molecule has 0 radical (unpaired) electrons. The zero-order chi connectivity index (χ0) is 13.5. The van der Waals surface area contributed by atoms with Crippen LogP contribution in [0.2, 0.25) is 0 Å². The molecule has 0 aromatic rings. The SMILES string of the molecule is CCCCC[C@H]1CO[C@H]([C@H]2CC[C@H](C#N)CC2)OC1. The van der Waals surface area contributed by atoms with Gasteiger partial charge >= 0.3 is 0 Å². The summed E-state index contributed by atoms with van der Waals surface area (Å²) in [4.78, 5) is 0. The smallest absolute Gasteiger partial charge is 0.160 e. The Balaban J connectivity index is 1.65. The van der Waals surface area contributed by atoms with Gasteiger partial charge in [0.1, 0.15) is 0 Å². The Morgan fingerprint density at radius 2 is 1.74 bits per heavy atom. The minimum absolute atomic E-state index is 0.00191. The molecule has 2 rings (SSSR count). The molecule has 1 aliphatic carbocycles. The van der Waals surface area contributed by atoms with Gasteiger partial charge in [-0.1, -0.05) is 26.2 Å². The van der Waals surface area contributed by atoms with Crippen molar-refractivity contribution in [3.63, 3.8) is 0 Å². The number of nitriles is 1. The van der Waals surface area contributed by atoms with E-state index >= 15 is 0 Å². The zero-order valence-electron chi connectivity index (χ0n) is 12.1. The van der Waals surface area contributed by atoms with Crippen molar-refractivity contribution >= 4 is 0 Å². The molecule has 1 saturated heterocycles. The van der Waals surface area contributed by atoms with Crippen molar-refractivity contribution in [1.82, 2.24) is 0 Å². The fraction of sp³-hybridized carbons (Fsp3) is 0.938. The van der Waals surface area contributed by atoms with Gasteiger partial charge in [0.05, 0.1) is 19.3 Å². The van der Waals surface area contributed by atoms with Crippen molar-refractivity contribution in [2.75, 3.05) is 13.2 Å². The first kappa shape index (κ1) is 14.8. The number of hydrogen-bond donors (Lipinski definition) is 0. The quantitative estimate of drug-likeness (QED) is 0.708. The highest BCUT2D eigenvalue weighted by molar-refractivity contribution is 4.88. The lowest BCUT2D eigenvalue weighted by molar-refractivity contribution is -0.229. The average molecular weight is 265 g/mol. The van der Waals surface area contributed by atoms with Crippen molar-refractivity contribution in [3.05, 3.63) is 0 Å². The minimum Gasteiger partial charge on any atom is -0.352 e. The first-order chi connectivity index (χ1) is 9.33. The molecule has 0 atom stereocenters. The molecule has 19 heavy (non-hydrogen) atoms. The topological polar surface area (TPSA) is 42.2 Å². The second-order valence-corrected chi connectivity index (χ2v) is 6.14. The first-order valence-electron chi connectivity index (χ1n) is 7.96. The fourth-order valence-electron chi connectivity index (χ4n) is 3.20. The van der Waals surface area contributed by atoms with Gasteiger partial charge in [-0.05, 0) is 32.1 Å². The summed E-state index contributed by atoms with van der Waals surface area (Å²) in [7, 11) is 0. The number of hydrogen-bond acceptors (Lipinski definition) is 3. The van der Waals surface area contributed by atoms with Crippen LogP contribution in [0.5, 0.6) is 0 Å². The van der Waals surface area contributed by atoms with Crippen molar-refractivity contribution in [2.24, 2.45) is 17.8 Å². The lowest BCUT2D eigenvalue weighted by Gasteiger charge is -2.36. The lowest BCUT2D eigenvalue weighted by atomic mass is 9.82. The van der Waals surface area contributed by atoms with Gasteiger partial charge in [0, 0.05) is 17.8 Å². The molecule has 0 bridgehead atoms. The van der Waals surface area contributed by atoms with E-state index in [9.17, 15) is 0 Å². The van der Waals surface area contributed by atoms with E-state index < -0.39 is 0 Å². The van der Waals surface area contributed by atoms with Gasteiger partial charge < -0.3 is 9.47 Å². The summed E-state index contributed by atoms with van der Waals surface area (Å²) < 4.78 is 11.8. The normalized spacial score (nSPS) is 35.8. The second-order valence-electron chi connectivity index (χ2n) is 6.14. The maximum atomic E-state index is 8.91. The number of ether oxygens (including phenoxy) is 2. The molecule has 0 aromatic heterocycles. The van der Waals surface area contributed by atoms with Crippen LogP contribution in [0.25, 0.3) is 0 Å². The summed E-state index contributed by atoms with van der Waals surface area (Å²) in [6, 6.07) is 2.38. The highest BCUT2D eigenvalue weighted by atomic mass is 16.7. The van der Waals surface area contributed by atoms with Crippen molar-refractivity contribution in [3.8, 4) is 6.07 Å². The monoisotopic (exact) mass is 265 g/mol. The van der Waals surface area contributed by atoms with E-state index in [0.29, 0.717) is 11.8 Å². The van der Waals surface area contributed by atoms with E-state index in [0.717, 1.165) is 38.9 Å². The second kappa shape index (κ2) is 7.87. The molecule has 1 saturated carbocycles. The largest absolute Gasteiger partial charge is 0.352 e. The van der Waals surface area contributed by atoms with Gasteiger partial charge in [0.15, 0.2) is 6.29 Å². The van der Waals surface area contributed by atoms with Crippen LogP contribution < -0.4 is 0 Å². The van der Waals surface area contributed by atoms with Gasteiger partial charge in [-0.2, -0.15) is 5.26 Å². The molecular formula is C16H27NO2. The van der Waals surface area contributed by atoms with Crippen LogP contribution in [0, 0.1) is 29.1 Å². The molecule has 0 amide bonds. The van der Waals surface area contributed by atoms with E-state index in [1.807, 2.05) is 0 Å². The maximum Gasteiger partial charge on any atom is 0.160 e. The summed E-state index contributed by atoms with van der Waals surface area (Å²) >= 11 is 0. The third-order valence-electron chi connectivity index (χ3n) is 4.55. The fourth-order valence-corrected chi connectivity index (χ4v) is 3.20. The van der Waals surface area contributed by atoms with Gasteiger partial charge in [-0.15, -0.1) is 0 Å². The molecule has 0 unspecified atom stereocenters. The Kier molecular flexibility index (Phi) is 6.13. The first-order valence-corrected chi connectivity index (χ1v) is 7.96. The Morgan fingerprint density at radius 1 is 1.05 bits per heavy atom. The molecule has 1 aliphatic heterocycles. The lowest BCUT2D eigenvalue weighted by Crippen LogP contribution is -2.38. The molecule has 0 aromatic carbocycles. The van der Waals surface area contributed by atoms with Gasteiger partial charge in [-0.3, -0.25) is 0 Å². The standard InChI is InChI=1S/C16H27NO2/c1-2-3-4-5-14-11-18-16(19-12-14)15-8-6-13(10-17)7-9-15/h13-16H,2-9,11-12H2,1H3/t13-,14-,15-,16-. The Hall–Kier alpha value is -0.590. The highest BCUT2D eigenvalue weighted by Gasteiger charge is 2.32. The van der Waals surface area contributed by atoms with Crippen molar-refractivity contribution < 1.29 is 9.47 Å². The zero-order valence-corrected chi connectivity index (χ0v) is 12.1. The summed E-state index contributed by atoms with van der Waals surface area (Å²) in [5.41, 5.74) is 0. The van der Waals surface area contributed by atoms with E-state index in [1.165, 1.54) is 25.7 Å². The van der Waals surface area contributed by atoms with Crippen LogP contribution in [0.15, 0.2) is 0 Å². The minimum atomic E-state index is 0.00191. The Morgan fingerprint density at radius 3 is 2.32 bits per heavy atom. The summed E-state index contributed by atoms with van der Waals surface area (Å²) in [5.74, 6) is 1.38. The van der Waals surface area contributed by atoms with Crippen molar-refractivity contribution in [1.29, 1.82) is 5.26 Å². The highest BCUT2D eigenvalue weighted by Crippen LogP contribution is 2.34. The summed E-state index contributed by atoms with van der Waals surface area (Å²) in [6.07, 6.45) is 9.34. The molecule has 0 N–H and O–H groups in total. The molecule has 0 spiro atoms. The summed E-state index contributed by atoms with van der Waals surface area (Å²) in [5, 5.41) is 8.91. The molecule has 2 aliphatic rings. The van der Waals surface area contributed by atoms with Crippen LogP contribution in [-0.2, 0) is 9.47 Å². The van der Waals surface area contributed by atoms with E-state index in [-0.39, 0.29) is 12.2 Å². The molecular weight excluding hydrogens is 238 g/mol. The third kappa shape index (κ3) is 4.47. The van der Waals surface area contributed by atoms with Gasteiger partial charge in [0.2, 0.25) is 0 Å². The van der Waals surface area contributed by atoms with E-state index in [4.69, 9.17) is 14.7 Å². The predicted octanol–water partition coefficient (Wildman–Crippen LogP) is 3.89. The number of unbranched alkanes of at least 4 members (excludes halogenated alkanes) is 2. The number of rotatable bonds is 5. The Bertz CT molecular complexity index is 284. The van der Waals surface area contributed by atoms with Gasteiger partial charge in [0.25, 0.3) is 0 Å². The van der Waals surface area contributed by atoms with Crippen LogP contribution in [-0.4, -0.2) is 19.5 Å². The average Bonchev–Trinajstić information content (AvgIpc) is 2.48. The molecule has 2 fully saturated rings. The van der Waals surface area contributed by atoms with Crippen LogP contribution in [0.4, 0.5) is 0 Å². The third-order valence-corrected chi connectivity index (χ3v) is 4.55. The predicted molar refractivity (Wildman–Crippen MR) is 74.4 cm³/mol. The van der Waals surface area contributed by atoms with E-state index in [1.54, 1.807) is 0 Å². The Labute approximate surface area is 117 Å². The van der Waals surface area contributed by atoms with Gasteiger partial charge in [-0.25, -0.2) is 0 Å². The molecule has 1 heterocycles. The summed E-state index contributed by atoms with van der Waals surface area (Å²) in [6.45, 7) is 3.97. The number of nitrogens with zero attached hydrogens (tertiary/aromatic N) is 1. The van der Waals surface area contributed by atoms with E-state index in [2.05, 4.69) is 13.0 Å². The van der Waals surface area contributed by atoms with Crippen LogP contribution in [0.3, 0.4) is 0 Å². The molecule has 3 nitrogen and oxygen atoms in total. The maximum absolute atomic E-state index is 8.91. The van der Waals surface area contributed by atoms with Crippen LogP contribution >= 0.6 is 0 Å². The van der Waals surface area contributed by atoms with Crippen molar-refractivity contribution in [2.45, 2.75) is 64.6 Å². The van der Waals surface area contributed by atoms with Crippen LogP contribution in [0.1, 0.15) is 58.3 Å².